The zero-order valence-corrected chi connectivity index (χ0v) is 31.9. The van der Waals surface area contributed by atoms with Crippen molar-refractivity contribution in [3.05, 3.63) is 265 Å². The molecule has 0 aliphatic heterocycles. The second-order valence-corrected chi connectivity index (χ2v) is 14.6. The summed E-state index contributed by atoms with van der Waals surface area (Å²) in [5.41, 5.74) is 15.8. The van der Waals surface area contributed by atoms with Crippen molar-refractivity contribution in [2.45, 2.75) is 11.8 Å². The average Bonchev–Trinajstić information content (AvgIpc) is 3.31. The van der Waals surface area contributed by atoms with Gasteiger partial charge in [0.15, 0.2) is 0 Å². The van der Waals surface area contributed by atoms with Gasteiger partial charge in [0, 0.05) is 22.5 Å². The Bertz CT molecular complexity index is 2690. The third-order valence-corrected chi connectivity index (χ3v) is 11.2. The first kappa shape index (κ1) is 35.5. The minimum Gasteiger partial charge on any atom is -0.310 e. The van der Waals surface area contributed by atoms with Gasteiger partial charge >= 0.3 is 0 Å². The van der Waals surface area contributed by atoms with E-state index in [1.54, 1.807) is 0 Å². The zero-order valence-electron chi connectivity index (χ0n) is 31.9. The van der Waals surface area contributed by atoms with Crippen LogP contribution in [0, 0.1) is 0 Å². The molecule has 0 aromatic heterocycles. The molecule has 8 aromatic rings. The van der Waals surface area contributed by atoms with Crippen molar-refractivity contribution >= 4 is 22.6 Å². The van der Waals surface area contributed by atoms with E-state index in [9.17, 15) is 0 Å². The fourth-order valence-corrected chi connectivity index (χ4v) is 8.45. The second-order valence-electron chi connectivity index (χ2n) is 14.6. The maximum absolute atomic E-state index is 4.48. The summed E-state index contributed by atoms with van der Waals surface area (Å²) >= 11 is 0. The molecule has 0 amide bonds. The third-order valence-electron chi connectivity index (χ3n) is 11.2. The predicted octanol–water partition coefficient (Wildman–Crippen LogP) is 15.0. The van der Waals surface area contributed by atoms with Gasteiger partial charge < -0.3 is 4.90 Å². The number of nitrogens with zero attached hydrogens (tertiary/aromatic N) is 1. The number of anilines is 3. The van der Waals surface area contributed by atoms with Crippen LogP contribution in [-0.2, 0) is 5.41 Å². The monoisotopic (exact) mass is 729 g/mol. The lowest BCUT2D eigenvalue weighted by atomic mass is 9.65. The summed E-state index contributed by atoms with van der Waals surface area (Å²) in [5.74, 6) is 0. The number of hydrogen-bond donors (Lipinski definition) is 0. The molecule has 1 aliphatic rings. The Labute approximate surface area is 336 Å². The molecule has 0 fully saturated rings. The van der Waals surface area contributed by atoms with Crippen LogP contribution in [0.5, 0.6) is 0 Å². The first-order chi connectivity index (χ1) is 28.2. The lowest BCUT2D eigenvalue weighted by Crippen LogP contribution is -2.30. The summed E-state index contributed by atoms with van der Waals surface area (Å²) in [5, 5.41) is 0. The van der Waals surface area contributed by atoms with Crippen LogP contribution in [0.25, 0.3) is 39.0 Å². The fourth-order valence-electron chi connectivity index (χ4n) is 8.45. The first-order valence-corrected chi connectivity index (χ1v) is 19.7. The number of benzene rings is 8. The minimum absolute atomic E-state index is 0.491. The Morgan fingerprint density at radius 2 is 0.895 bits per heavy atom. The molecule has 0 heterocycles. The number of rotatable bonds is 7. The quantitative estimate of drug-likeness (QED) is 0.158. The van der Waals surface area contributed by atoms with Gasteiger partial charge in [0.1, 0.15) is 0 Å². The molecular weight excluding hydrogens is 687 g/mol. The Morgan fingerprint density at radius 3 is 1.58 bits per heavy atom. The van der Waals surface area contributed by atoms with Crippen LogP contribution in [-0.4, -0.2) is 0 Å². The Kier molecular flexibility index (Phi) is 9.88. The van der Waals surface area contributed by atoms with Crippen molar-refractivity contribution < 1.29 is 0 Å². The van der Waals surface area contributed by atoms with E-state index in [4.69, 9.17) is 0 Å². The van der Waals surface area contributed by atoms with Gasteiger partial charge in [-0.05, 0) is 104 Å². The molecular formula is C56H43N. The predicted molar refractivity (Wildman–Crippen MR) is 242 cm³/mol. The van der Waals surface area contributed by atoms with Crippen molar-refractivity contribution in [3.8, 4) is 33.4 Å². The second kappa shape index (κ2) is 15.9. The molecule has 1 nitrogen and oxygen atoms in total. The molecule has 57 heavy (non-hydrogen) atoms. The molecule has 0 N–H and O–H groups in total. The summed E-state index contributed by atoms with van der Waals surface area (Å²) in [7, 11) is 0. The highest BCUT2D eigenvalue weighted by atomic mass is 15.1. The number of hydrogen-bond acceptors (Lipinski definition) is 1. The van der Waals surface area contributed by atoms with E-state index in [1.807, 2.05) is 0 Å². The summed E-state index contributed by atoms with van der Waals surface area (Å²) < 4.78 is 0. The SMILES string of the molecule is C=C1/C=C\C=C/CC(c2ccccc2)(c2ccc(N(c3ccc(-c4ccccc4)cc3)c3cccc(-c4ccccc4)c3)cc2)c2ccccc2-c2ccccc21. The number of allylic oxidation sites excluding steroid dienone is 5. The van der Waals surface area contributed by atoms with Crippen LogP contribution >= 0.6 is 0 Å². The van der Waals surface area contributed by atoms with Gasteiger partial charge in [-0.25, -0.2) is 0 Å². The van der Waals surface area contributed by atoms with E-state index >= 15 is 0 Å². The van der Waals surface area contributed by atoms with Gasteiger partial charge in [-0.15, -0.1) is 0 Å². The van der Waals surface area contributed by atoms with Gasteiger partial charge in [-0.3, -0.25) is 0 Å². The molecule has 0 radical (unpaired) electrons. The molecule has 0 spiro atoms. The van der Waals surface area contributed by atoms with E-state index < -0.39 is 5.41 Å². The summed E-state index contributed by atoms with van der Waals surface area (Å²) in [4.78, 5) is 2.37. The van der Waals surface area contributed by atoms with Crippen molar-refractivity contribution in [2.75, 3.05) is 4.90 Å². The van der Waals surface area contributed by atoms with Gasteiger partial charge in [0.25, 0.3) is 0 Å². The van der Waals surface area contributed by atoms with Crippen molar-refractivity contribution in [3.63, 3.8) is 0 Å². The highest BCUT2D eigenvalue weighted by molar-refractivity contribution is 5.87. The van der Waals surface area contributed by atoms with Crippen molar-refractivity contribution in [2.24, 2.45) is 0 Å². The first-order valence-electron chi connectivity index (χ1n) is 19.7. The molecule has 1 heteroatoms. The van der Waals surface area contributed by atoms with Crippen LogP contribution in [0.3, 0.4) is 0 Å². The van der Waals surface area contributed by atoms with Gasteiger partial charge in [0.2, 0.25) is 0 Å². The van der Waals surface area contributed by atoms with E-state index in [0.717, 1.165) is 34.6 Å². The van der Waals surface area contributed by atoms with Crippen molar-refractivity contribution in [1.29, 1.82) is 0 Å². The smallest absolute Gasteiger partial charge is 0.0491 e. The topological polar surface area (TPSA) is 3.24 Å². The standard InChI is InChI=1S/C56H43N/c1-42-19-6-5-17-40-56(47-25-11-4-12-26-47,55-31-16-15-30-54(55)53-29-14-13-28-52(42)53)48-34-38-50(39-35-48)57(49-36-32-45(33-37-49)43-20-7-2-8-21-43)51-27-18-24-46(41-51)44-22-9-3-10-23-44/h2-39,41H,1,40H2/b17-5-,19-6-. The molecule has 8 aromatic carbocycles. The molecule has 0 saturated carbocycles. The van der Waals surface area contributed by atoms with E-state index in [2.05, 4.69) is 248 Å². The lowest BCUT2D eigenvalue weighted by molar-refractivity contribution is 0.629. The Hall–Kier alpha value is -7.22. The van der Waals surface area contributed by atoms with Crippen LogP contribution in [0.2, 0.25) is 0 Å². The van der Waals surface area contributed by atoms with E-state index in [0.29, 0.717) is 0 Å². The van der Waals surface area contributed by atoms with Crippen molar-refractivity contribution in [1.82, 2.24) is 0 Å². The van der Waals surface area contributed by atoms with Gasteiger partial charge in [0.05, 0.1) is 0 Å². The Balaban J connectivity index is 1.22. The van der Waals surface area contributed by atoms with Crippen LogP contribution in [0.4, 0.5) is 17.1 Å². The maximum atomic E-state index is 4.48. The molecule has 9 rings (SSSR count). The Morgan fingerprint density at radius 1 is 0.386 bits per heavy atom. The normalized spacial score (nSPS) is 16.0. The highest BCUT2D eigenvalue weighted by Gasteiger charge is 2.38. The third kappa shape index (κ3) is 6.97. The largest absolute Gasteiger partial charge is 0.310 e. The van der Waals surface area contributed by atoms with Gasteiger partial charge in [-0.1, -0.05) is 207 Å². The lowest BCUT2D eigenvalue weighted by Gasteiger charge is -2.37. The molecule has 0 saturated heterocycles. The molecule has 1 atom stereocenters. The van der Waals surface area contributed by atoms with Crippen LogP contribution in [0.1, 0.15) is 28.7 Å². The minimum atomic E-state index is -0.491. The van der Waals surface area contributed by atoms with Crippen LogP contribution < -0.4 is 4.90 Å². The number of fused-ring (bicyclic) bond motifs is 3. The molecule has 1 aliphatic carbocycles. The van der Waals surface area contributed by atoms with E-state index in [-0.39, 0.29) is 0 Å². The summed E-state index contributed by atoms with van der Waals surface area (Å²) in [6, 6.07) is 76.9. The molecule has 272 valence electrons. The fraction of sp³-hybridized carbons (Fsp3) is 0.0357. The molecule has 1 unspecified atom stereocenters. The maximum Gasteiger partial charge on any atom is 0.0491 e. The summed E-state index contributed by atoms with van der Waals surface area (Å²) in [6.07, 6.45) is 9.51. The van der Waals surface area contributed by atoms with Crippen LogP contribution in [0.15, 0.2) is 243 Å². The highest BCUT2D eigenvalue weighted by Crippen LogP contribution is 2.48. The zero-order chi connectivity index (χ0) is 38.4. The summed E-state index contributed by atoms with van der Waals surface area (Å²) in [6.45, 7) is 4.48. The van der Waals surface area contributed by atoms with E-state index in [1.165, 1.54) is 50.1 Å². The molecule has 0 bridgehead atoms. The van der Waals surface area contributed by atoms with Gasteiger partial charge in [-0.2, -0.15) is 0 Å². The average molecular weight is 730 g/mol.